The number of anilines is 1. The van der Waals surface area contributed by atoms with Gasteiger partial charge in [-0.3, -0.25) is 24.6 Å². The standard InChI is InChI=1S/C14H17N3O3/c1-9-5-3-4-6-11(9)16-12(18)8-17-13(19)7-15-10(2)14(17)20/h3-6,10,15H,7-8H2,1-2H3,(H,16,18). The van der Waals surface area contributed by atoms with Gasteiger partial charge in [-0.15, -0.1) is 0 Å². The molecule has 1 aliphatic heterocycles. The maximum absolute atomic E-state index is 12.0. The minimum Gasteiger partial charge on any atom is -0.324 e. The van der Waals surface area contributed by atoms with Crippen molar-refractivity contribution in [3.05, 3.63) is 29.8 Å². The predicted molar refractivity (Wildman–Crippen MR) is 74.0 cm³/mol. The van der Waals surface area contributed by atoms with Gasteiger partial charge in [0.2, 0.25) is 17.7 Å². The zero-order chi connectivity index (χ0) is 14.7. The lowest BCUT2D eigenvalue weighted by Gasteiger charge is -2.29. The molecule has 1 saturated heterocycles. The van der Waals surface area contributed by atoms with Crippen LogP contribution in [0.25, 0.3) is 0 Å². The third-order valence-electron chi connectivity index (χ3n) is 3.22. The van der Waals surface area contributed by atoms with Gasteiger partial charge in [0.05, 0.1) is 12.6 Å². The van der Waals surface area contributed by atoms with Gasteiger partial charge < -0.3 is 5.32 Å². The third-order valence-corrected chi connectivity index (χ3v) is 3.22. The maximum Gasteiger partial charge on any atom is 0.246 e. The summed E-state index contributed by atoms with van der Waals surface area (Å²) in [6.07, 6.45) is 0. The fraction of sp³-hybridized carbons (Fsp3) is 0.357. The van der Waals surface area contributed by atoms with E-state index in [-0.39, 0.29) is 30.8 Å². The van der Waals surface area contributed by atoms with E-state index in [2.05, 4.69) is 10.6 Å². The summed E-state index contributed by atoms with van der Waals surface area (Å²) in [7, 11) is 0. The van der Waals surface area contributed by atoms with E-state index in [1.807, 2.05) is 25.1 Å². The van der Waals surface area contributed by atoms with E-state index in [1.54, 1.807) is 13.0 Å². The lowest BCUT2D eigenvalue weighted by Crippen LogP contribution is -2.58. The van der Waals surface area contributed by atoms with Crippen LogP contribution in [0.4, 0.5) is 5.69 Å². The van der Waals surface area contributed by atoms with Crippen LogP contribution in [-0.4, -0.2) is 41.8 Å². The second-order valence-corrected chi connectivity index (χ2v) is 4.78. The number of amides is 3. The minimum absolute atomic E-state index is 0.0740. The molecule has 106 valence electrons. The summed E-state index contributed by atoms with van der Waals surface area (Å²) < 4.78 is 0. The number of hydrogen-bond acceptors (Lipinski definition) is 4. The summed E-state index contributed by atoms with van der Waals surface area (Å²) in [6.45, 7) is 3.36. The average Bonchev–Trinajstić information content (AvgIpc) is 2.42. The van der Waals surface area contributed by atoms with Crippen molar-refractivity contribution < 1.29 is 14.4 Å². The normalized spacial score (nSPS) is 19.1. The zero-order valence-electron chi connectivity index (χ0n) is 11.5. The highest BCUT2D eigenvalue weighted by molar-refractivity contribution is 6.05. The summed E-state index contributed by atoms with van der Waals surface area (Å²) in [5.41, 5.74) is 1.60. The number of imide groups is 1. The average molecular weight is 275 g/mol. The molecule has 0 radical (unpaired) electrons. The molecule has 2 rings (SSSR count). The number of nitrogens with zero attached hydrogens (tertiary/aromatic N) is 1. The molecular weight excluding hydrogens is 258 g/mol. The molecule has 0 saturated carbocycles. The molecular formula is C14H17N3O3. The Morgan fingerprint density at radius 2 is 2.10 bits per heavy atom. The molecule has 1 atom stereocenters. The molecule has 2 N–H and O–H groups in total. The fourth-order valence-electron chi connectivity index (χ4n) is 1.99. The maximum atomic E-state index is 12.0. The first-order valence-corrected chi connectivity index (χ1v) is 6.42. The quantitative estimate of drug-likeness (QED) is 0.777. The summed E-state index contributed by atoms with van der Waals surface area (Å²) >= 11 is 0. The number of hydrogen-bond donors (Lipinski definition) is 2. The van der Waals surface area contributed by atoms with Gasteiger partial charge in [-0.25, -0.2) is 0 Å². The number of para-hydroxylation sites is 1. The van der Waals surface area contributed by atoms with E-state index < -0.39 is 6.04 Å². The molecule has 0 aliphatic carbocycles. The van der Waals surface area contributed by atoms with Crippen LogP contribution >= 0.6 is 0 Å². The van der Waals surface area contributed by atoms with Crippen molar-refractivity contribution in [1.82, 2.24) is 10.2 Å². The van der Waals surface area contributed by atoms with Gasteiger partial charge in [-0.1, -0.05) is 18.2 Å². The summed E-state index contributed by atoms with van der Waals surface area (Å²) in [5.74, 6) is -1.13. The number of nitrogens with one attached hydrogen (secondary N) is 2. The molecule has 0 aromatic heterocycles. The largest absolute Gasteiger partial charge is 0.324 e. The number of aryl methyl sites for hydroxylation is 1. The molecule has 1 heterocycles. The Balaban J connectivity index is 2.02. The van der Waals surface area contributed by atoms with E-state index in [9.17, 15) is 14.4 Å². The van der Waals surface area contributed by atoms with Gasteiger partial charge in [-0.2, -0.15) is 0 Å². The molecule has 1 aromatic carbocycles. The number of benzene rings is 1. The van der Waals surface area contributed by atoms with Crippen molar-refractivity contribution >= 4 is 23.4 Å². The van der Waals surface area contributed by atoms with E-state index in [4.69, 9.17) is 0 Å². The highest BCUT2D eigenvalue weighted by Gasteiger charge is 2.32. The summed E-state index contributed by atoms with van der Waals surface area (Å²) in [5, 5.41) is 5.48. The summed E-state index contributed by atoms with van der Waals surface area (Å²) in [6, 6.07) is 6.89. The van der Waals surface area contributed by atoms with Crippen molar-refractivity contribution in [2.75, 3.05) is 18.4 Å². The van der Waals surface area contributed by atoms with Gasteiger partial charge in [0, 0.05) is 5.69 Å². The van der Waals surface area contributed by atoms with E-state index in [0.717, 1.165) is 10.5 Å². The van der Waals surface area contributed by atoms with Gasteiger partial charge in [0.1, 0.15) is 6.54 Å². The molecule has 0 bridgehead atoms. The van der Waals surface area contributed by atoms with Crippen LogP contribution in [0.5, 0.6) is 0 Å². The number of carbonyl (C=O) groups excluding carboxylic acids is 3. The molecule has 20 heavy (non-hydrogen) atoms. The van der Waals surface area contributed by atoms with E-state index in [1.165, 1.54) is 0 Å². The second-order valence-electron chi connectivity index (χ2n) is 4.78. The SMILES string of the molecule is Cc1ccccc1NC(=O)CN1C(=O)CNC(C)C1=O. The van der Waals surface area contributed by atoms with E-state index >= 15 is 0 Å². The first-order valence-electron chi connectivity index (χ1n) is 6.42. The highest BCUT2D eigenvalue weighted by Crippen LogP contribution is 2.13. The Labute approximate surface area is 117 Å². The molecule has 1 aliphatic rings. The summed E-state index contributed by atoms with van der Waals surface area (Å²) in [4.78, 5) is 36.5. The second kappa shape index (κ2) is 5.83. The Bertz CT molecular complexity index is 556. The van der Waals surface area contributed by atoms with Crippen LogP contribution in [-0.2, 0) is 14.4 Å². The molecule has 3 amide bonds. The highest BCUT2D eigenvalue weighted by atomic mass is 16.2. The first kappa shape index (κ1) is 14.2. The Morgan fingerprint density at radius 3 is 2.80 bits per heavy atom. The van der Waals surface area contributed by atoms with Gasteiger partial charge in [-0.05, 0) is 25.5 Å². The smallest absolute Gasteiger partial charge is 0.246 e. The van der Waals surface area contributed by atoms with Crippen LogP contribution in [0.15, 0.2) is 24.3 Å². The minimum atomic E-state index is -0.445. The Morgan fingerprint density at radius 1 is 1.40 bits per heavy atom. The van der Waals surface area contributed by atoms with Crippen molar-refractivity contribution in [3.8, 4) is 0 Å². The van der Waals surface area contributed by atoms with Crippen LogP contribution in [0.1, 0.15) is 12.5 Å². The van der Waals surface area contributed by atoms with Crippen molar-refractivity contribution in [3.63, 3.8) is 0 Å². The zero-order valence-corrected chi connectivity index (χ0v) is 11.5. The van der Waals surface area contributed by atoms with Gasteiger partial charge in [0.25, 0.3) is 0 Å². The Hall–Kier alpha value is -2.21. The van der Waals surface area contributed by atoms with Crippen LogP contribution in [0.2, 0.25) is 0 Å². The fourth-order valence-corrected chi connectivity index (χ4v) is 1.99. The van der Waals surface area contributed by atoms with Crippen LogP contribution in [0, 0.1) is 6.92 Å². The molecule has 6 heteroatoms. The van der Waals surface area contributed by atoms with Crippen LogP contribution in [0.3, 0.4) is 0 Å². The molecule has 1 aromatic rings. The number of piperazine rings is 1. The van der Waals surface area contributed by atoms with Crippen molar-refractivity contribution in [2.45, 2.75) is 19.9 Å². The van der Waals surface area contributed by atoms with Gasteiger partial charge in [0.15, 0.2) is 0 Å². The molecule has 0 spiro atoms. The molecule has 6 nitrogen and oxygen atoms in total. The lowest BCUT2D eigenvalue weighted by molar-refractivity contribution is -0.150. The van der Waals surface area contributed by atoms with Crippen molar-refractivity contribution in [1.29, 1.82) is 0 Å². The first-order chi connectivity index (χ1) is 9.49. The Kier molecular flexibility index (Phi) is 4.14. The van der Waals surface area contributed by atoms with Crippen LogP contribution < -0.4 is 10.6 Å². The molecule has 1 fully saturated rings. The lowest BCUT2D eigenvalue weighted by atomic mass is 10.2. The third kappa shape index (κ3) is 3.03. The predicted octanol–water partition coefficient (Wildman–Crippen LogP) is 0.280. The number of rotatable bonds is 3. The van der Waals surface area contributed by atoms with Gasteiger partial charge >= 0.3 is 0 Å². The topological polar surface area (TPSA) is 78.5 Å². The number of carbonyl (C=O) groups is 3. The molecule has 1 unspecified atom stereocenters. The monoisotopic (exact) mass is 275 g/mol. The van der Waals surface area contributed by atoms with E-state index in [0.29, 0.717) is 5.69 Å². The van der Waals surface area contributed by atoms with Crippen molar-refractivity contribution in [2.24, 2.45) is 0 Å².